The van der Waals surface area contributed by atoms with Crippen LogP contribution in [0, 0.1) is 0 Å². The summed E-state index contributed by atoms with van der Waals surface area (Å²) in [5.74, 6) is 0.416. The summed E-state index contributed by atoms with van der Waals surface area (Å²) in [4.78, 5) is 0. The third-order valence-corrected chi connectivity index (χ3v) is 1.49. The van der Waals surface area contributed by atoms with E-state index in [0.717, 1.165) is 0 Å². The van der Waals surface area contributed by atoms with Crippen molar-refractivity contribution < 1.29 is 12.9 Å². The Morgan fingerprint density at radius 1 is 1.73 bits per heavy atom. The van der Waals surface area contributed by atoms with E-state index >= 15 is 0 Å². The number of rotatable bonds is 3. The first-order chi connectivity index (χ1) is 5.08. The summed E-state index contributed by atoms with van der Waals surface area (Å²) in [7, 11) is -3.64. The Bertz CT molecular complexity index is 303. The highest BCUT2D eigenvalue weighted by Crippen LogP contribution is 1.94. The molecule has 0 aliphatic rings. The lowest BCUT2D eigenvalue weighted by molar-refractivity contribution is 0.380. The summed E-state index contributed by atoms with van der Waals surface area (Å²) in [6.45, 7) is 0.0266. The summed E-state index contributed by atoms with van der Waals surface area (Å²) in [6, 6.07) is 1.54. The van der Waals surface area contributed by atoms with Crippen LogP contribution >= 0.6 is 0 Å². The molecule has 1 aromatic rings. The van der Waals surface area contributed by atoms with Crippen molar-refractivity contribution in [1.82, 2.24) is 9.88 Å². The molecule has 0 radical (unpaired) electrons. The maximum Gasteiger partial charge on any atom is 0.274 e. The van der Waals surface area contributed by atoms with Crippen LogP contribution < -0.4 is 9.86 Å². The van der Waals surface area contributed by atoms with E-state index in [-0.39, 0.29) is 6.54 Å². The van der Waals surface area contributed by atoms with Gasteiger partial charge in [0.2, 0.25) is 0 Å². The van der Waals surface area contributed by atoms with Gasteiger partial charge in [0.15, 0.2) is 5.76 Å². The van der Waals surface area contributed by atoms with Crippen LogP contribution in [-0.4, -0.2) is 13.6 Å². The zero-order valence-electron chi connectivity index (χ0n) is 5.52. The molecule has 0 fully saturated rings. The van der Waals surface area contributed by atoms with Crippen LogP contribution in [0.3, 0.4) is 0 Å². The monoisotopic (exact) mass is 177 g/mol. The molecule has 0 aliphatic carbocycles. The Hall–Kier alpha value is -0.920. The second-order valence-corrected chi connectivity index (χ2v) is 3.22. The van der Waals surface area contributed by atoms with Crippen molar-refractivity contribution in [3.8, 4) is 0 Å². The minimum absolute atomic E-state index is 0.0266. The normalized spacial score (nSPS) is 11.7. The van der Waals surface area contributed by atoms with E-state index in [9.17, 15) is 8.42 Å². The second-order valence-electron chi connectivity index (χ2n) is 1.84. The quantitative estimate of drug-likeness (QED) is 0.616. The van der Waals surface area contributed by atoms with Gasteiger partial charge in [0.05, 0.1) is 12.7 Å². The van der Waals surface area contributed by atoms with Crippen molar-refractivity contribution in [1.29, 1.82) is 0 Å². The summed E-state index contributed by atoms with van der Waals surface area (Å²) >= 11 is 0. The predicted molar refractivity (Wildman–Crippen MR) is 36.4 cm³/mol. The van der Waals surface area contributed by atoms with Gasteiger partial charge in [0, 0.05) is 6.07 Å². The molecule has 1 heterocycles. The number of nitrogens with zero attached hydrogens (tertiary/aromatic N) is 1. The van der Waals surface area contributed by atoms with Gasteiger partial charge in [-0.05, 0) is 0 Å². The molecule has 1 aromatic heterocycles. The van der Waals surface area contributed by atoms with Gasteiger partial charge in [-0.1, -0.05) is 5.16 Å². The number of aromatic nitrogens is 1. The van der Waals surface area contributed by atoms with Crippen molar-refractivity contribution in [2.24, 2.45) is 5.14 Å². The van der Waals surface area contributed by atoms with E-state index in [0.29, 0.717) is 5.76 Å². The molecule has 11 heavy (non-hydrogen) atoms. The van der Waals surface area contributed by atoms with E-state index < -0.39 is 10.2 Å². The van der Waals surface area contributed by atoms with Crippen LogP contribution in [0.15, 0.2) is 16.8 Å². The highest BCUT2D eigenvalue weighted by Gasteiger charge is 2.02. The molecule has 0 unspecified atom stereocenters. The largest absolute Gasteiger partial charge is 0.360 e. The van der Waals surface area contributed by atoms with Gasteiger partial charge < -0.3 is 4.52 Å². The third kappa shape index (κ3) is 3.12. The molecule has 0 saturated carbocycles. The van der Waals surface area contributed by atoms with Gasteiger partial charge >= 0.3 is 0 Å². The maximum atomic E-state index is 10.3. The molecule has 0 atom stereocenters. The van der Waals surface area contributed by atoms with E-state index in [4.69, 9.17) is 0 Å². The Morgan fingerprint density at radius 3 is 2.91 bits per heavy atom. The second kappa shape index (κ2) is 2.99. The first-order valence-electron chi connectivity index (χ1n) is 2.75. The molecular formula is C4H7N3O3S. The minimum Gasteiger partial charge on any atom is -0.360 e. The SMILES string of the molecule is NS(=O)(=O)NCc1ccno1. The van der Waals surface area contributed by atoms with Crippen LogP contribution in [0.5, 0.6) is 0 Å². The van der Waals surface area contributed by atoms with Gasteiger partial charge in [-0.3, -0.25) is 0 Å². The summed E-state index contributed by atoms with van der Waals surface area (Å²) in [5.41, 5.74) is 0. The van der Waals surface area contributed by atoms with Crippen molar-refractivity contribution in [2.75, 3.05) is 0 Å². The molecule has 0 bridgehead atoms. The summed E-state index contributed by atoms with van der Waals surface area (Å²) in [6.07, 6.45) is 1.42. The smallest absolute Gasteiger partial charge is 0.274 e. The topological polar surface area (TPSA) is 98.2 Å². The molecule has 3 N–H and O–H groups in total. The van der Waals surface area contributed by atoms with E-state index in [1.54, 1.807) is 0 Å². The molecule has 6 nitrogen and oxygen atoms in total. The average molecular weight is 177 g/mol. The lowest BCUT2D eigenvalue weighted by Gasteiger charge is -1.95. The third-order valence-electron chi connectivity index (χ3n) is 0.939. The number of hydrogen-bond acceptors (Lipinski definition) is 4. The first kappa shape index (κ1) is 8.18. The van der Waals surface area contributed by atoms with E-state index in [1.165, 1.54) is 12.3 Å². The van der Waals surface area contributed by atoms with Gasteiger partial charge in [-0.15, -0.1) is 0 Å². The molecule has 0 aliphatic heterocycles. The van der Waals surface area contributed by atoms with Crippen LogP contribution in [0.2, 0.25) is 0 Å². The highest BCUT2D eigenvalue weighted by molar-refractivity contribution is 7.87. The van der Waals surface area contributed by atoms with Crippen LogP contribution in [0.1, 0.15) is 5.76 Å². The number of hydrogen-bond donors (Lipinski definition) is 2. The molecule has 62 valence electrons. The molecule has 0 amide bonds. The van der Waals surface area contributed by atoms with Crippen molar-refractivity contribution >= 4 is 10.2 Å². The zero-order chi connectivity index (χ0) is 8.32. The Balaban J connectivity index is 2.48. The van der Waals surface area contributed by atoms with Crippen molar-refractivity contribution in [3.63, 3.8) is 0 Å². The first-order valence-corrected chi connectivity index (χ1v) is 4.29. The van der Waals surface area contributed by atoms with E-state index in [1.807, 2.05) is 4.72 Å². The Morgan fingerprint density at radius 2 is 2.45 bits per heavy atom. The predicted octanol–water partition coefficient (Wildman–Crippen LogP) is -1.03. The summed E-state index contributed by atoms with van der Waals surface area (Å²) in [5, 5.41) is 8.02. The lowest BCUT2D eigenvalue weighted by atomic mass is 10.5. The molecular weight excluding hydrogens is 170 g/mol. The Labute approximate surface area is 63.5 Å². The fraction of sp³-hybridized carbons (Fsp3) is 0.250. The average Bonchev–Trinajstić information content (AvgIpc) is 2.32. The van der Waals surface area contributed by atoms with Gasteiger partial charge in [0.1, 0.15) is 0 Å². The lowest BCUT2D eigenvalue weighted by Crippen LogP contribution is -2.30. The summed E-state index contributed by atoms with van der Waals surface area (Å²) < 4.78 is 27.3. The van der Waals surface area contributed by atoms with Crippen LogP contribution in [-0.2, 0) is 16.8 Å². The Kier molecular flexibility index (Phi) is 2.22. The van der Waals surface area contributed by atoms with Crippen LogP contribution in [0.25, 0.3) is 0 Å². The highest BCUT2D eigenvalue weighted by atomic mass is 32.2. The maximum absolute atomic E-state index is 10.3. The molecule has 7 heteroatoms. The standard InChI is InChI=1S/C4H7N3O3S/c5-11(8,9)7-3-4-1-2-6-10-4/h1-2,7H,3H2,(H2,5,8,9). The van der Waals surface area contributed by atoms with E-state index in [2.05, 4.69) is 14.8 Å². The van der Waals surface area contributed by atoms with Gasteiger partial charge in [-0.2, -0.15) is 13.1 Å². The van der Waals surface area contributed by atoms with Crippen molar-refractivity contribution in [3.05, 3.63) is 18.0 Å². The van der Waals surface area contributed by atoms with Crippen LogP contribution in [0.4, 0.5) is 0 Å². The minimum atomic E-state index is -3.64. The van der Waals surface area contributed by atoms with Gasteiger partial charge in [-0.25, -0.2) is 5.14 Å². The molecule has 0 spiro atoms. The molecule has 0 aromatic carbocycles. The molecule has 1 rings (SSSR count). The molecule has 0 saturated heterocycles. The van der Waals surface area contributed by atoms with Crippen molar-refractivity contribution in [2.45, 2.75) is 6.54 Å². The fourth-order valence-corrected chi connectivity index (χ4v) is 0.848. The fourth-order valence-electron chi connectivity index (χ4n) is 0.505. The zero-order valence-corrected chi connectivity index (χ0v) is 6.34. The number of nitrogens with one attached hydrogen (secondary N) is 1. The van der Waals surface area contributed by atoms with Gasteiger partial charge in [0.25, 0.3) is 10.2 Å². The number of nitrogens with two attached hydrogens (primary N) is 1.